The van der Waals surface area contributed by atoms with Crippen LogP contribution < -0.4 is 28.3 Å². The number of nitrogens with zero attached hydrogens (tertiary/aromatic N) is 2. The number of nitrogens with two attached hydrogens (primary N) is 4. The van der Waals surface area contributed by atoms with E-state index >= 15 is 0 Å². The van der Waals surface area contributed by atoms with Gasteiger partial charge in [0, 0.05) is 19.6 Å². The normalized spacial score (nSPS) is 12.9. The lowest BCUT2D eigenvalue weighted by molar-refractivity contribution is -0.150. The maximum Gasteiger partial charge on any atom is 0.325 e. The number of ether oxygens (including phenoxy) is 1. The number of amidine groups is 2. The molecule has 4 aromatic carbocycles. The summed E-state index contributed by atoms with van der Waals surface area (Å²) in [7, 11) is -16.1. The Morgan fingerprint density at radius 2 is 0.934 bits per heavy atom. The zero-order valence-corrected chi connectivity index (χ0v) is 45.7. The van der Waals surface area contributed by atoms with Crippen molar-refractivity contribution in [2.75, 3.05) is 32.9 Å². The Balaban J connectivity index is 0.00000104. The van der Waals surface area contributed by atoms with Crippen molar-refractivity contribution >= 4 is 70.0 Å². The lowest BCUT2D eigenvalue weighted by Crippen LogP contribution is -2.56. The van der Waals surface area contributed by atoms with Gasteiger partial charge >= 0.3 is 11.9 Å². The zero-order valence-electron chi connectivity index (χ0n) is 42.4. The van der Waals surface area contributed by atoms with Gasteiger partial charge in [0.05, 0.1) is 25.4 Å². The average Bonchev–Trinajstić information content (AvgIpc) is 3.32. The van der Waals surface area contributed by atoms with Gasteiger partial charge in [-0.1, -0.05) is 70.8 Å². The summed E-state index contributed by atoms with van der Waals surface area (Å²) in [6, 6.07) is 23.1. The number of unbranched alkanes of at least 4 members (excludes halogenated alkanes) is 2. The third kappa shape index (κ3) is 31.6. The Hall–Kier alpha value is -6.28. The first kappa shape index (κ1) is 69.7. The number of alkyl halides is 1. The molecule has 0 spiro atoms. The van der Waals surface area contributed by atoms with Gasteiger partial charge in [-0.05, 0) is 122 Å². The van der Waals surface area contributed by atoms with Gasteiger partial charge in [-0.3, -0.25) is 42.6 Å². The van der Waals surface area contributed by atoms with E-state index < -0.39 is 83.2 Å². The number of esters is 1. The molecule has 0 saturated carbocycles. The molecular formula is C47H68FN7O17S4. The van der Waals surface area contributed by atoms with Crippen LogP contribution >= 0.6 is 0 Å². The van der Waals surface area contributed by atoms with Crippen molar-refractivity contribution in [3.05, 3.63) is 119 Å². The van der Waals surface area contributed by atoms with E-state index in [4.69, 9.17) is 45.9 Å². The Bertz CT molecular complexity index is 2670. The Kier molecular flexibility index (Phi) is 30.9. The fourth-order valence-corrected chi connectivity index (χ4v) is 7.25. The second kappa shape index (κ2) is 33.7. The monoisotopic (exact) mass is 1150 g/mol. The molecule has 0 aliphatic carbocycles. The summed E-state index contributed by atoms with van der Waals surface area (Å²) < 4.78 is 135. The van der Waals surface area contributed by atoms with Crippen molar-refractivity contribution in [3.63, 3.8) is 0 Å². The molecule has 29 heteroatoms. The van der Waals surface area contributed by atoms with E-state index in [1.54, 1.807) is 55.5 Å². The molecule has 0 radical (unpaired) electrons. The first-order valence-electron chi connectivity index (χ1n) is 22.5. The molecule has 0 heterocycles. The number of carbonyl (C=O) groups is 3. The molecule has 76 heavy (non-hydrogen) atoms. The van der Waals surface area contributed by atoms with Gasteiger partial charge in [0.25, 0.3) is 46.4 Å². The molecule has 0 saturated heterocycles. The van der Waals surface area contributed by atoms with Crippen molar-refractivity contribution in [1.29, 1.82) is 0 Å². The third-order valence-electron chi connectivity index (χ3n) is 9.72. The summed E-state index contributed by atoms with van der Waals surface area (Å²) in [6.45, 7) is 8.02. The number of carboxylic acid groups (broad SMARTS) is 1. The minimum atomic E-state index is -4.02. The molecule has 0 aliphatic rings. The molecule has 424 valence electrons. The Labute approximate surface area is 443 Å². The summed E-state index contributed by atoms with van der Waals surface area (Å²) in [5.74, 6) is -2.37. The maximum absolute atomic E-state index is 12.2. The van der Waals surface area contributed by atoms with Crippen molar-refractivity contribution in [1.82, 2.24) is 5.32 Å². The number of carbonyl (C=O) groups excluding carboxylic acids is 2. The van der Waals surface area contributed by atoms with Crippen LogP contribution in [0, 0.1) is 27.7 Å². The van der Waals surface area contributed by atoms with Crippen LogP contribution in [-0.2, 0) is 59.6 Å². The van der Waals surface area contributed by atoms with E-state index in [0.717, 1.165) is 22.3 Å². The number of rotatable bonds is 21. The molecular weight excluding hydrogens is 1080 g/mol. The molecule has 0 fully saturated rings. The topological polar surface area (TPSA) is 439 Å². The SMILES string of the molecule is CC(N)=NCCCCC(N)C(=O)OCC(=O)NCC(N)(CCCCN=C(N)CF)C(=O)O.Cc1ccc(S(=O)(=O)O)cc1.Cc1ccc(S(=O)(=O)O)cc1.Cc1ccc(S(=O)(=O)O)cc1.Cc1ccc(S(=O)(=O)O)cc1. The molecule has 4 aromatic rings. The van der Waals surface area contributed by atoms with Gasteiger partial charge in [-0.15, -0.1) is 0 Å². The fourth-order valence-electron chi connectivity index (χ4n) is 5.33. The van der Waals surface area contributed by atoms with Crippen LogP contribution in [0.2, 0.25) is 0 Å². The van der Waals surface area contributed by atoms with E-state index in [0.29, 0.717) is 44.5 Å². The molecule has 2 atom stereocenters. The van der Waals surface area contributed by atoms with E-state index in [2.05, 4.69) is 15.3 Å². The number of amides is 1. The highest BCUT2D eigenvalue weighted by Gasteiger charge is 2.34. The van der Waals surface area contributed by atoms with Gasteiger partial charge in [-0.2, -0.15) is 33.7 Å². The molecule has 0 aliphatic heterocycles. The second-order valence-corrected chi connectivity index (χ2v) is 22.3. The quantitative estimate of drug-likeness (QED) is 0.0187. The van der Waals surface area contributed by atoms with Crippen molar-refractivity contribution in [2.45, 2.75) is 104 Å². The molecule has 14 N–H and O–H groups in total. The molecule has 0 bridgehead atoms. The van der Waals surface area contributed by atoms with Gasteiger partial charge in [-0.25, -0.2) is 4.39 Å². The lowest BCUT2D eigenvalue weighted by atomic mass is 9.93. The van der Waals surface area contributed by atoms with Crippen LogP contribution in [0.1, 0.15) is 67.7 Å². The van der Waals surface area contributed by atoms with Gasteiger partial charge < -0.3 is 38.1 Å². The molecule has 2 unspecified atom stereocenters. The molecule has 4 rings (SSSR count). The van der Waals surface area contributed by atoms with Gasteiger partial charge in [0.1, 0.15) is 24.1 Å². The van der Waals surface area contributed by atoms with Crippen LogP contribution in [0.4, 0.5) is 4.39 Å². The standard InChI is InChI=1S/C19H36FN7O5.4C7H8O3S/c1-13(21)25-8-4-2-6-14(22)17(29)32-11-16(28)27-12-19(24,18(30)31)7-3-5-9-26-15(23)10-20;4*1-6-2-4-7(5-3-6)11(8,9)10/h14H,2-12,22,24H2,1H3,(H2,21,25)(H2,23,26)(H,27,28)(H,30,31);4*2-5H,1H3,(H,8,9,10). The number of aliphatic carboxylic acids is 1. The summed E-state index contributed by atoms with van der Waals surface area (Å²) in [6.07, 6.45) is 2.59. The third-order valence-corrected chi connectivity index (χ3v) is 13.2. The Morgan fingerprint density at radius 3 is 1.24 bits per heavy atom. The fraction of sp³-hybridized carbons (Fsp3) is 0.383. The number of carboxylic acids is 1. The predicted octanol–water partition coefficient (Wildman–Crippen LogP) is 3.77. The van der Waals surface area contributed by atoms with Crippen molar-refractivity contribution < 1.29 is 80.5 Å². The highest BCUT2D eigenvalue weighted by Crippen LogP contribution is 2.14. The number of benzene rings is 4. The van der Waals surface area contributed by atoms with Crippen LogP contribution in [-0.4, -0.2) is 131 Å². The number of hydrogen-bond acceptors (Lipinski definition) is 16. The first-order valence-corrected chi connectivity index (χ1v) is 28.3. The Morgan fingerprint density at radius 1 is 0.605 bits per heavy atom. The molecule has 1 amide bonds. The van der Waals surface area contributed by atoms with E-state index in [-0.39, 0.29) is 44.9 Å². The number of aryl methyl sites for hydroxylation is 4. The number of halogens is 1. The summed E-state index contributed by atoms with van der Waals surface area (Å²) in [5, 5.41) is 11.7. The van der Waals surface area contributed by atoms with Crippen molar-refractivity contribution in [3.8, 4) is 0 Å². The van der Waals surface area contributed by atoms with Crippen LogP contribution in [0.5, 0.6) is 0 Å². The second-order valence-electron chi connectivity index (χ2n) is 16.6. The van der Waals surface area contributed by atoms with Crippen molar-refractivity contribution in [2.24, 2.45) is 32.9 Å². The average molecular weight is 1150 g/mol. The summed E-state index contributed by atoms with van der Waals surface area (Å²) in [4.78, 5) is 42.8. The highest BCUT2D eigenvalue weighted by molar-refractivity contribution is 7.86. The largest absolute Gasteiger partial charge is 0.480 e. The summed E-state index contributed by atoms with van der Waals surface area (Å²) >= 11 is 0. The van der Waals surface area contributed by atoms with Crippen LogP contribution in [0.25, 0.3) is 0 Å². The molecule has 24 nitrogen and oxygen atoms in total. The number of nitrogens with one attached hydrogen (secondary N) is 1. The molecule has 0 aromatic heterocycles. The predicted molar refractivity (Wildman–Crippen MR) is 283 cm³/mol. The zero-order chi connectivity index (χ0) is 58.5. The minimum absolute atomic E-state index is 0.0477. The van der Waals surface area contributed by atoms with Gasteiger partial charge in [0.2, 0.25) is 0 Å². The smallest absolute Gasteiger partial charge is 0.325 e. The minimum Gasteiger partial charge on any atom is -0.480 e. The number of aliphatic imine (C=N–C) groups is 2. The van der Waals surface area contributed by atoms with Crippen LogP contribution in [0.3, 0.4) is 0 Å². The lowest BCUT2D eigenvalue weighted by Gasteiger charge is -2.25. The van der Waals surface area contributed by atoms with E-state index in [9.17, 15) is 57.6 Å². The first-order chi connectivity index (χ1) is 35.0. The highest BCUT2D eigenvalue weighted by atomic mass is 32.2. The van der Waals surface area contributed by atoms with E-state index in [1.165, 1.54) is 48.5 Å². The van der Waals surface area contributed by atoms with Crippen LogP contribution in [0.15, 0.2) is 127 Å². The van der Waals surface area contributed by atoms with E-state index in [1.807, 2.05) is 27.7 Å². The van der Waals surface area contributed by atoms with Gasteiger partial charge in [0.15, 0.2) is 6.61 Å². The summed E-state index contributed by atoms with van der Waals surface area (Å²) in [5.41, 5.74) is 24.4. The number of hydrogen-bond donors (Lipinski definition) is 10. The maximum atomic E-state index is 12.2.